The summed E-state index contributed by atoms with van der Waals surface area (Å²) in [7, 11) is -3.58. The average molecular weight is 470 g/mol. The van der Waals surface area contributed by atoms with Crippen LogP contribution in [-0.4, -0.2) is 31.8 Å². The van der Waals surface area contributed by atoms with Crippen LogP contribution in [0.15, 0.2) is 47.4 Å². The molecule has 0 aromatic heterocycles. The number of carbonyl (C=O) groups excluding carboxylic acids is 1. The summed E-state index contributed by atoms with van der Waals surface area (Å²) < 4.78 is 27.6. The SMILES string of the molecule is C[C@@H](NC(=O)NCc1ccccc1S(=O)(=O)N1CCCCC1)c1ccc(Cl)c(Cl)c1. The molecular weight excluding hydrogens is 445 g/mol. The van der Waals surface area contributed by atoms with Crippen molar-refractivity contribution in [2.24, 2.45) is 0 Å². The lowest BCUT2D eigenvalue weighted by Crippen LogP contribution is -2.38. The topological polar surface area (TPSA) is 78.5 Å². The first-order valence-corrected chi connectivity index (χ1v) is 12.1. The highest BCUT2D eigenvalue weighted by Gasteiger charge is 2.27. The molecule has 1 heterocycles. The molecule has 0 spiro atoms. The van der Waals surface area contributed by atoms with Crippen LogP contribution in [0.1, 0.15) is 43.4 Å². The molecule has 2 N–H and O–H groups in total. The molecule has 0 bridgehead atoms. The van der Waals surface area contributed by atoms with Gasteiger partial charge >= 0.3 is 6.03 Å². The second kappa shape index (κ2) is 10.0. The summed E-state index contributed by atoms with van der Waals surface area (Å²) in [4.78, 5) is 12.6. The number of nitrogens with one attached hydrogen (secondary N) is 2. The van der Waals surface area contributed by atoms with Gasteiger partial charge in [0.1, 0.15) is 0 Å². The Morgan fingerprint density at radius 2 is 1.77 bits per heavy atom. The van der Waals surface area contributed by atoms with Crippen molar-refractivity contribution in [1.82, 2.24) is 14.9 Å². The molecule has 0 radical (unpaired) electrons. The smallest absolute Gasteiger partial charge is 0.315 e. The molecule has 2 aromatic carbocycles. The maximum atomic E-state index is 13.0. The molecule has 9 heteroatoms. The maximum Gasteiger partial charge on any atom is 0.315 e. The van der Waals surface area contributed by atoms with Gasteiger partial charge in [0.15, 0.2) is 0 Å². The van der Waals surface area contributed by atoms with Gasteiger partial charge < -0.3 is 10.6 Å². The molecule has 162 valence electrons. The third kappa shape index (κ3) is 5.46. The number of benzene rings is 2. The first-order valence-electron chi connectivity index (χ1n) is 9.86. The van der Waals surface area contributed by atoms with Crippen LogP contribution in [0.3, 0.4) is 0 Å². The van der Waals surface area contributed by atoms with E-state index in [0.29, 0.717) is 28.7 Å². The Labute approximate surface area is 187 Å². The highest BCUT2D eigenvalue weighted by molar-refractivity contribution is 7.89. The van der Waals surface area contributed by atoms with Crippen molar-refractivity contribution in [2.75, 3.05) is 13.1 Å². The fourth-order valence-corrected chi connectivity index (χ4v) is 5.48. The molecule has 2 amide bonds. The first-order chi connectivity index (χ1) is 14.3. The first kappa shape index (κ1) is 22.9. The zero-order valence-corrected chi connectivity index (χ0v) is 19.0. The fraction of sp³-hybridized carbons (Fsp3) is 0.381. The second-order valence-corrected chi connectivity index (χ2v) is 10.0. The minimum Gasteiger partial charge on any atom is -0.334 e. The van der Waals surface area contributed by atoms with Gasteiger partial charge in [0.2, 0.25) is 10.0 Å². The van der Waals surface area contributed by atoms with Gasteiger partial charge in [0.05, 0.1) is 21.0 Å². The van der Waals surface area contributed by atoms with Gasteiger partial charge in [-0.15, -0.1) is 0 Å². The summed E-state index contributed by atoms with van der Waals surface area (Å²) in [6, 6.07) is 11.3. The number of urea groups is 1. The van der Waals surface area contributed by atoms with Crippen LogP contribution in [0.5, 0.6) is 0 Å². The summed E-state index contributed by atoms with van der Waals surface area (Å²) in [5.41, 5.74) is 1.37. The van der Waals surface area contributed by atoms with Crippen LogP contribution in [0.25, 0.3) is 0 Å². The van der Waals surface area contributed by atoms with E-state index in [4.69, 9.17) is 23.2 Å². The largest absolute Gasteiger partial charge is 0.334 e. The van der Waals surface area contributed by atoms with E-state index in [2.05, 4.69) is 10.6 Å². The van der Waals surface area contributed by atoms with E-state index in [9.17, 15) is 13.2 Å². The number of piperidine rings is 1. The van der Waals surface area contributed by atoms with Crippen LogP contribution < -0.4 is 10.6 Å². The van der Waals surface area contributed by atoms with Crippen LogP contribution in [0.4, 0.5) is 4.79 Å². The lowest BCUT2D eigenvalue weighted by Gasteiger charge is -2.27. The van der Waals surface area contributed by atoms with Gasteiger partial charge in [-0.25, -0.2) is 13.2 Å². The van der Waals surface area contributed by atoms with Gasteiger partial charge in [-0.3, -0.25) is 0 Å². The van der Waals surface area contributed by atoms with Crippen LogP contribution in [0.2, 0.25) is 10.0 Å². The van der Waals surface area contributed by atoms with Crippen LogP contribution in [-0.2, 0) is 16.6 Å². The number of nitrogens with zero attached hydrogens (tertiary/aromatic N) is 1. The van der Waals surface area contributed by atoms with Crippen molar-refractivity contribution in [3.63, 3.8) is 0 Å². The summed E-state index contributed by atoms with van der Waals surface area (Å²) in [5, 5.41) is 6.44. The molecule has 1 aliphatic rings. The number of rotatable bonds is 6. The monoisotopic (exact) mass is 469 g/mol. The number of sulfonamides is 1. The molecule has 30 heavy (non-hydrogen) atoms. The minimum atomic E-state index is -3.58. The van der Waals surface area contributed by atoms with Gasteiger partial charge in [-0.05, 0) is 49.1 Å². The zero-order valence-electron chi connectivity index (χ0n) is 16.7. The van der Waals surface area contributed by atoms with E-state index in [1.165, 1.54) is 4.31 Å². The molecule has 0 unspecified atom stereocenters. The minimum absolute atomic E-state index is 0.100. The zero-order chi connectivity index (χ0) is 21.7. The number of carbonyl (C=O) groups is 1. The predicted octanol–water partition coefficient (Wildman–Crippen LogP) is 4.73. The number of hydrogen-bond donors (Lipinski definition) is 2. The second-order valence-electron chi connectivity index (χ2n) is 7.29. The summed E-state index contributed by atoms with van der Waals surface area (Å²) in [5.74, 6) is 0. The molecule has 6 nitrogen and oxygen atoms in total. The van der Waals surface area contributed by atoms with Crippen LogP contribution in [0, 0.1) is 0 Å². The van der Waals surface area contributed by atoms with E-state index in [-0.39, 0.29) is 17.5 Å². The van der Waals surface area contributed by atoms with E-state index in [1.807, 2.05) is 6.92 Å². The van der Waals surface area contributed by atoms with Crippen molar-refractivity contribution < 1.29 is 13.2 Å². The normalized spacial score (nSPS) is 16.1. The standard InChI is InChI=1S/C21H25Cl2N3O3S/c1-15(16-9-10-18(22)19(23)13-16)25-21(27)24-14-17-7-3-4-8-20(17)30(28,29)26-11-5-2-6-12-26/h3-4,7-10,13,15H,2,5-6,11-12,14H2,1H3,(H2,24,25,27)/t15-/m1/s1. The molecule has 0 saturated carbocycles. The summed E-state index contributed by atoms with van der Waals surface area (Å²) in [6.45, 7) is 2.99. The number of hydrogen-bond acceptors (Lipinski definition) is 3. The summed E-state index contributed by atoms with van der Waals surface area (Å²) >= 11 is 12.0. The highest BCUT2D eigenvalue weighted by atomic mass is 35.5. The Balaban J connectivity index is 1.65. The van der Waals surface area contributed by atoms with Crippen molar-refractivity contribution in [1.29, 1.82) is 0 Å². The van der Waals surface area contributed by atoms with E-state index in [1.54, 1.807) is 42.5 Å². The fourth-order valence-electron chi connectivity index (χ4n) is 3.43. The quantitative estimate of drug-likeness (QED) is 0.641. The third-order valence-electron chi connectivity index (χ3n) is 5.14. The van der Waals surface area contributed by atoms with Crippen molar-refractivity contribution >= 4 is 39.3 Å². The van der Waals surface area contributed by atoms with Crippen LogP contribution >= 0.6 is 23.2 Å². The lowest BCUT2D eigenvalue weighted by atomic mass is 10.1. The Kier molecular flexibility index (Phi) is 7.63. The molecule has 1 atom stereocenters. The van der Waals surface area contributed by atoms with E-state index in [0.717, 1.165) is 24.8 Å². The Morgan fingerprint density at radius 3 is 2.47 bits per heavy atom. The summed E-state index contributed by atoms with van der Waals surface area (Å²) in [6.07, 6.45) is 2.79. The Bertz CT molecular complexity index is 1010. The molecule has 2 aromatic rings. The molecular formula is C21H25Cl2N3O3S. The van der Waals surface area contributed by atoms with Crippen molar-refractivity contribution in [3.05, 3.63) is 63.6 Å². The predicted molar refractivity (Wildman–Crippen MR) is 119 cm³/mol. The van der Waals surface area contributed by atoms with E-state index >= 15 is 0 Å². The molecule has 1 aliphatic heterocycles. The Hall–Kier alpha value is -1.80. The van der Waals surface area contributed by atoms with E-state index < -0.39 is 16.1 Å². The number of halogens is 2. The van der Waals surface area contributed by atoms with Crippen molar-refractivity contribution in [3.8, 4) is 0 Å². The average Bonchev–Trinajstić information content (AvgIpc) is 2.75. The Morgan fingerprint density at radius 1 is 1.07 bits per heavy atom. The van der Waals surface area contributed by atoms with Gasteiger partial charge in [0, 0.05) is 19.6 Å². The van der Waals surface area contributed by atoms with Gasteiger partial charge in [0.25, 0.3) is 0 Å². The molecule has 0 aliphatic carbocycles. The third-order valence-corrected chi connectivity index (χ3v) is 7.87. The molecule has 1 saturated heterocycles. The van der Waals surface area contributed by atoms with Gasteiger partial charge in [-0.1, -0.05) is 53.9 Å². The number of amides is 2. The van der Waals surface area contributed by atoms with Crippen molar-refractivity contribution in [2.45, 2.75) is 43.7 Å². The lowest BCUT2D eigenvalue weighted by molar-refractivity contribution is 0.237. The highest BCUT2D eigenvalue weighted by Crippen LogP contribution is 2.26. The van der Waals surface area contributed by atoms with Gasteiger partial charge in [-0.2, -0.15) is 4.31 Å². The maximum absolute atomic E-state index is 13.0. The molecule has 1 fully saturated rings. The molecule has 3 rings (SSSR count).